The lowest BCUT2D eigenvalue weighted by Gasteiger charge is -2.11. The van der Waals surface area contributed by atoms with Gasteiger partial charge in [0.2, 0.25) is 12.1 Å². The lowest BCUT2D eigenvalue weighted by Crippen LogP contribution is -2.34. The van der Waals surface area contributed by atoms with Gasteiger partial charge in [0, 0.05) is 39.6 Å². The second-order valence-electron chi connectivity index (χ2n) is 9.24. The molecule has 2 aliphatic heterocycles. The Labute approximate surface area is 207 Å². The molecule has 4 aromatic rings. The number of hydrogen-bond acceptors (Lipinski definition) is 3. The highest BCUT2D eigenvalue weighted by molar-refractivity contribution is 9.10. The van der Waals surface area contributed by atoms with E-state index in [0.717, 1.165) is 53.1 Å². The smallest absolute Gasteiger partial charge is 0.245 e. The summed E-state index contributed by atoms with van der Waals surface area (Å²) >= 11 is 3.45. The predicted molar refractivity (Wildman–Crippen MR) is 134 cm³/mol. The molecule has 172 valence electrons. The molecule has 0 radical (unpaired) electrons. The third-order valence-electron chi connectivity index (χ3n) is 7.06. The van der Waals surface area contributed by atoms with E-state index in [-0.39, 0.29) is 12.3 Å². The van der Waals surface area contributed by atoms with Crippen molar-refractivity contribution >= 4 is 32.7 Å². The number of halogens is 1. The summed E-state index contributed by atoms with van der Waals surface area (Å²) in [6.07, 6.45) is 3.91. The molecule has 6 rings (SSSR count). The van der Waals surface area contributed by atoms with E-state index in [1.54, 1.807) is 0 Å². The van der Waals surface area contributed by atoms with Crippen LogP contribution in [-0.2, 0) is 25.9 Å². The summed E-state index contributed by atoms with van der Waals surface area (Å²) in [5.74, 6) is 2.11. The number of fused-ring (bicyclic) bond motifs is 3. The molecular formula is C28H26BrN2O3+. The van der Waals surface area contributed by atoms with Gasteiger partial charge in [0.1, 0.15) is 18.0 Å². The highest BCUT2D eigenvalue weighted by Crippen LogP contribution is 2.40. The standard InChI is InChI=1S/C28H26BrN2O3/c1-17-11-24-25(12-18(17)2)31(15-26(32)19-3-5-21(29)6-4-19)16-30(24)14-23-22-8-10-33-27(22)13-20-7-9-34-28(20)23/h3-6,11-13,16H,7-10,14-15H2,1-2H3/q+1. The SMILES string of the molecule is Cc1cc2c(cc1C)[n+](Cc1c3c(cc4c1OCC4)OCC3)cn2CC(=O)c1ccc(Br)cc1. The average Bonchev–Trinajstić information content (AvgIpc) is 3.55. The second-order valence-corrected chi connectivity index (χ2v) is 10.2. The van der Waals surface area contributed by atoms with E-state index in [1.807, 2.05) is 24.3 Å². The van der Waals surface area contributed by atoms with Gasteiger partial charge in [0.15, 0.2) is 17.6 Å². The molecule has 3 heterocycles. The molecule has 6 heteroatoms. The molecule has 0 atom stereocenters. The Morgan fingerprint density at radius 2 is 1.79 bits per heavy atom. The fourth-order valence-corrected chi connectivity index (χ4v) is 5.36. The molecule has 0 N–H and O–H groups in total. The van der Waals surface area contributed by atoms with Crippen molar-refractivity contribution in [2.24, 2.45) is 0 Å². The highest BCUT2D eigenvalue weighted by atomic mass is 79.9. The molecule has 34 heavy (non-hydrogen) atoms. The number of imidazole rings is 1. The van der Waals surface area contributed by atoms with Crippen LogP contribution in [0.15, 0.2) is 53.3 Å². The third-order valence-corrected chi connectivity index (χ3v) is 7.59. The summed E-state index contributed by atoms with van der Waals surface area (Å²) in [6, 6.07) is 14.1. The van der Waals surface area contributed by atoms with Gasteiger partial charge < -0.3 is 9.47 Å². The monoisotopic (exact) mass is 517 g/mol. The summed E-state index contributed by atoms with van der Waals surface area (Å²) in [5.41, 5.74) is 9.05. The van der Waals surface area contributed by atoms with Gasteiger partial charge in [-0.15, -0.1) is 0 Å². The summed E-state index contributed by atoms with van der Waals surface area (Å²) in [5, 5.41) is 0. The first-order chi connectivity index (χ1) is 16.5. The minimum absolute atomic E-state index is 0.0907. The van der Waals surface area contributed by atoms with Gasteiger partial charge in [-0.2, -0.15) is 0 Å². The molecule has 2 aliphatic rings. The molecule has 0 unspecified atom stereocenters. The van der Waals surface area contributed by atoms with E-state index >= 15 is 0 Å². The van der Waals surface area contributed by atoms with Crippen molar-refractivity contribution in [2.45, 2.75) is 39.8 Å². The van der Waals surface area contributed by atoms with Gasteiger partial charge >= 0.3 is 0 Å². The first-order valence-electron chi connectivity index (χ1n) is 11.7. The zero-order chi connectivity index (χ0) is 23.4. The van der Waals surface area contributed by atoms with Crippen molar-refractivity contribution in [3.63, 3.8) is 0 Å². The van der Waals surface area contributed by atoms with Crippen LogP contribution in [0.5, 0.6) is 11.5 Å². The zero-order valence-corrected chi connectivity index (χ0v) is 20.9. The number of ketones is 1. The van der Waals surface area contributed by atoms with Gasteiger partial charge in [-0.25, -0.2) is 9.13 Å². The van der Waals surface area contributed by atoms with Crippen molar-refractivity contribution in [3.8, 4) is 11.5 Å². The van der Waals surface area contributed by atoms with Crippen molar-refractivity contribution in [1.82, 2.24) is 4.57 Å². The third kappa shape index (κ3) is 3.61. The maximum absolute atomic E-state index is 13.1. The molecule has 3 aromatic carbocycles. The topological polar surface area (TPSA) is 44.3 Å². The fourth-order valence-electron chi connectivity index (χ4n) is 5.09. The molecule has 0 spiro atoms. The minimum atomic E-state index is 0.0907. The Bertz CT molecular complexity index is 1420. The maximum Gasteiger partial charge on any atom is 0.245 e. The number of rotatable bonds is 5. The van der Waals surface area contributed by atoms with Crippen molar-refractivity contribution in [3.05, 3.63) is 86.6 Å². The normalized spacial score (nSPS) is 14.1. The number of carbonyl (C=O) groups excluding carboxylic acids is 1. The summed E-state index contributed by atoms with van der Waals surface area (Å²) < 4.78 is 17.3. The van der Waals surface area contributed by atoms with Crippen LogP contribution in [0.4, 0.5) is 0 Å². The maximum atomic E-state index is 13.1. The average molecular weight is 518 g/mol. The highest BCUT2D eigenvalue weighted by Gasteiger charge is 2.29. The summed E-state index contributed by atoms with van der Waals surface area (Å²) in [6.45, 7) is 6.67. The van der Waals surface area contributed by atoms with Gasteiger partial charge in [0.05, 0.1) is 13.2 Å². The van der Waals surface area contributed by atoms with Crippen LogP contribution in [0.2, 0.25) is 0 Å². The number of benzene rings is 3. The quantitative estimate of drug-likeness (QED) is 0.273. The molecule has 0 bridgehead atoms. The summed E-state index contributed by atoms with van der Waals surface area (Å²) in [4.78, 5) is 13.1. The Morgan fingerprint density at radius 1 is 1.03 bits per heavy atom. The van der Waals surface area contributed by atoms with Crippen LogP contribution in [0.3, 0.4) is 0 Å². The predicted octanol–water partition coefficient (Wildman–Crippen LogP) is 5.11. The van der Waals surface area contributed by atoms with Gasteiger partial charge in [-0.3, -0.25) is 4.79 Å². The molecule has 0 aliphatic carbocycles. The first kappa shape index (κ1) is 21.4. The molecule has 0 amide bonds. The number of carbonyl (C=O) groups is 1. The Balaban J connectivity index is 1.44. The van der Waals surface area contributed by atoms with Crippen LogP contribution in [0.1, 0.15) is 38.2 Å². The lowest BCUT2D eigenvalue weighted by atomic mass is 9.99. The van der Waals surface area contributed by atoms with Gasteiger partial charge in [-0.05, 0) is 55.3 Å². The van der Waals surface area contributed by atoms with E-state index in [4.69, 9.17) is 9.47 Å². The number of Topliss-reactive ketones (excluding diaryl/α,β-unsaturated/α-hetero) is 1. The second kappa shape index (κ2) is 8.27. The van der Waals surface area contributed by atoms with Crippen LogP contribution >= 0.6 is 15.9 Å². The van der Waals surface area contributed by atoms with Gasteiger partial charge in [0.25, 0.3) is 0 Å². The largest absolute Gasteiger partial charge is 0.493 e. The molecule has 0 saturated carbocycles. The molecule has 0 saturated heterocycles. The van der Waals surface area contributed by atoms with Crippen molar-refractivity contribution in [1.29, 1.82) is 0 Å². The Kier molecular flexibility index (Phi) is 5.21. The van der Waals surface area contributed by atoms with E-state index < -0.39 is 0 Å². The van der Waals surface area contributed by atoms with Crippen molar-refractivity contribution in [2.75, 3.05) is 13.2 Å². The van der Waals surface area contributed by atoms with Crippen LogP contribution < -0.4 is 14.0 Å². The molecular weight excluding hydrogens is 492 g/mol. The Morgan fingerprint density at radius 3 is 2.62 bits per heavy atom. The number of aryl methyl sites for hydroxylation is 2. The van der Waals surface area contributed by atoms with E-state index in [1.165, 1.54) is 27.8 Å². The molecule has 0 fully saturated rings. The fraction of sp³-hybridized carbons (Fsp3) is 0.286. The number of nitrogens with zero attached hydrogens (tertiary/aromatic N) is 2. The summed E-state index contributed by atoms with van der Waals surface area (Å²) in [7, 11) is 0. The van der Waals surface area contributed by atoms with Crippen LogP contribution in [0.25, 0.3) is 11.0 Å². The molecule has 5 nitrogen and oxygen atoms in total. The van der Waals surface area contributed by atoms with Crippen LogP contribution in [-0.4, -0.2) is 23.6 Å². The molecule has 1 aromatic heterocycles. The van der Waals surface area contributed by atoms with Gasteiger partial charge in [-0.1, -0.05) is 28.1 Å². The van der Waals surface area contributed by atoms with Crippen molar-refractivity contribution < 1.29 is 18.8 Å². The number of hydrogen-bond donors (Lipinski definition) is 0. The van der Waals surface area contributed by atoms with E-state index in [0.29, 0.717) is 12.1 Å². The zero-order valence-electron chi connectivity index (χ0n) is 19.4. The van der Waals surface area contributed by atoms with Crippen LogP contribution in [0, 0.1) is 13.8 Å². The van der Waals surface area contributed by atoms with E-state index in [9.17, 15) is 4.79 Å². The number of aromatic nitrogens is 2. The Hall–Kier alpha value is -3.12. The van der Waals surface area contributed by atoms with E-state index in [2.05, 4.69) is 63.4 Å². The lowest BCUT2D eigenvalue weighted by molar-refractivity contribution is -0.663. The minimum Gasteiger partial charge on any atom is -0.493 e. The number of ether oxygens (including phenoxy) is 2. The first-order valence-corrected chi connectivity index (χ1v) is 12.5.